The van der Waals surface area contributed by atoms with Gasteiger partial charge in [0.15, 0.2) is 0 Å². The Morgan fingerprint density at radius 1 is 1.35 bits per heavy atom. The molecule has 0 saturated carbocycles. The highest BCUT2D eigenvalue weighted by Crippen LogP contribution is 1.99. The SMILES string of the molecule is CCOC(=O)CN(C)C(=O)c1cnc(C)cn1. The first-order chi connectivity index (χ1) is 8.04. The summed E-state index contributed by atoms with van der Waals surface area (Å²) in [5, 5.41) is 0. The Hall–Kier alpha value is -1.98. The second-order valence-corrected chi connectivity index (χ2v) is 3.51. The molecule has 92 valence electrons. The molecule has 0 bridgehead atoms. The second kappa shape index (κ2) is 5.93. The first kappa shape index (κ1) is 13.1. The topological polar surface area (TPSA) is 72.4 Å². The molecule has 0 aromatic carbocycles. The van der Waals surface area contributed by atoms with Gasteiger partial charge in [0.25, 0.3) is 5.91 Å². The first-order valence-electron chi connectivity index (χ1n) is 5.24. The first-order valence-corrected chi connectivity index (χ1v) is 5.24. The molecule has 17 heavy (non-hydrogen) atoms. The van der Waals surface area contributed by atoms with Gasteiger partial charge >= 0.3 is 5.97 Å². The monoisotopic (exact) mass is 237 g/mol. The van der Waals surface area contributed by atoms with E-state index in [1.165, 1.54) is 24.3 Å². The number of nitrogens with zero attached hydrogens (tertiary/aromatic N) is 3. The van der Waals surface area contributed by atoms with Gasteiger partial charge in [0.1, 0.15) is 12.2 Å². The maximum Gasteiger partial charge on any atom is 0.325 e. The van der Waals surface area contributed by atoms with Gasteiger partial charge in [-0.3, -0.25) is 14.6 Å². The molecule has 1 heterocycles. The van der Waals surface area contributed by atoms with Crippen LogP contribution in [-0.4, -0.2) is 46.9 Å². The van der Waals surface area contributed by atoms with Gasteiger partial charge in [-0.25, -0.2) is 4.98 Å². The third kappa shape index (κ3) is 3.82. The van der Waals surface area contributed by atoms with Crippen LogP contribution >= 0.6 is 0 Å². The lowest BCUT2D eigenvalue weighted by molar-refractivity contribution is -0.143. The predicted octanol–water partition coefficient (Wildman–Crippen LogP) is 0.420. The van der Waals surface area contributed by atoms with E-state index in [0.717, 1.165) is 5.69 Å². The minimum Gasteiger partial charge on any atom is -0.465 e. The molecule has 1 amide bonds. The third-order valence-corrected chi connectivity index (χ3v) is 2.02. The van der Waals surface area contributed by atoms with Crippen LogP contribution < -0.4 is 0 Å². The summed E-state index contributed by atoms with van der Waals surface area (Å²) in [6, 6.07) is 0. The molecule has 0 aliphatic heterocycles. The predicted molar refractivity (Wildman–Crippen MR) is 60.4 cm³/mol. The number of amides is 1. The minimum atomic E-state index is -0.441. The van der Waals surface area contributed by atoms with Crippen molar-refractivity contribution in [3.05, 3.63) is 23.8 Å². The van der Waals surface area contributed by atoms with Crippen LogP contribution in [0.15, 0.2) is 12.4 Å². The maximum atomic E-state index is 11.8. The van der Waals surface area contributed by atoms with Crippen molar-refractivity contribution >= 4 is 11.9 Å². The molecule has 1 rings (SSSR count). The zero-order valence-electron chi connectivity index (χ0n) is 10.1. The highest BCUT2D eigenvalue weighted by atomic mass is 16.5. The number of aryl methyl sites for hydroxylation is 1. The van der Waals surface area contributed by atoms with E-state index in [9.17, 15) is 9.59 Å². The Balaban J connectivity index is 2.63. The third-order valence-electron chi connectivity index (χ3n) is 2.02. The molecular weight excluding hydrogens is 222 g/mol. The van der Waals surface area contributed by atoms with Crippen LogP contribution in [0.4, 0.5) is 0 Å². The fourth-order valence-electron chi connectivity index (χ4n) is 1.17. The van der Waals surface area contributed by atoms with Crippen molar-refractivity contribution in [1.82, 2.24) is 14.9 Å². The Morgan fingerprint density at radius 3 is 2.59 bits per heavy atom. The van der Waals surface area contributed by atoms with E-state index in [4.69, 9.17) is 4.74 Å². The van der Waals surface area contributed by atoms with Crippen molar-refractivity contribution in [1.29, 1.82) is 0 Å². The van der Waals surface area contributed by atoms with Gasteiger partial charge in [-0.05, 0) is 13.8 Å². The molecule has 6 heteroatoms. The Kier molecular flexibility index (Phi) is 4.56. The molecule has 0 fully saturated rings. The molecule has 0 N–H and O–H groups in total. The van der Waals surface area contributed by atoms with Crippen molar-refractivity contribution in [2.45, 2.75) is 13.8 Å². The van der Waals surface area contributed by atoms with Crippen molar-refractivity contribution in [3.63, 3.8) is 0 Å². The molecule has 1 aromatic heterocycles. The smallest absolute Gasteiger partial charge is 0.325 e. The molecule has 0 aliphatic rings. The number of hydrogen-bond donors (Lipinski definition) is 0. The highest BCUT2D eigenvalue weighted by molar-refractivity contribution is 5.93. The van der Waals surface area contributed by atoms with Crippen LogP contribution in [0.5, 0.6) is 0 Å². The average molecular weight is 237 g/mol. The van der Waals surface area contributed by atoms with Gasteiger partial charge in [0, 0.05) is 13.2 Å². The van der Waals surface area contributed by atoms with E-state index < -0.39 is 5.97 Å². The standard InChI is InChI=1S/C11H15N3O3/c1-4-17-10(15)7-14(3)11(16)9-6-12-8(2)5-13-9/h5-6H,4,7H2,1-3H3. The lowest BCUT2D eigenvalue weighted by Gasteiger charge is -2.15. The normalized spacial score (nSPS) is 9.82. The molecule has 0 unspecified atom stereocenters. The lowest BCUT2D eigenvalue weighted by Crippen LogP contribution is -2.33. The van der Waals surface area contributed by atoms with Crippen LogP contribution in [0.25, 0.3) is 0 Å². The number of ether oxygens (including phenoxy) is 1. The molecular formula is C11H15N3O3. The lowest BCUT2D eigenvalue weighted by atomic mass is 10.3. The largest absolute Gasteiger partial charge is 0.465 e. The second-order valence-electron chi connectivity index (χ2n) is 3.51. The van der Waals surface area contributed by atoms with E-state index in [1.807, 2.05) is 0 Å². The fraction of sp³-hybridized carbons (Fsp3) is 0.455. The van der Waals surface area contributed by atoms with E-state index >= 15 is 0 Å². The van der Waals surface area contributed by atoms with Crippen LogP contribution in [0.1, 0.15) is 23.1 Å². The van der Waals surface area contributed by atoms with Gasteiger partial charge in [-0.15, -0.1) is 0 Å². The summed E-state index contributed by atoms with van der Waals surface area (Å²) in [6.07, 6.45) is 2.89. The summed E-state index contributed by atoms with van der Waals surface area (Å²) in [5.41, 5.74) is 0.942. The number of likely N-dealkylation sites (N-methyl/N-ethyl adjacent to an activating group) is 1. The molecule has 0 radical (unpaired) electrons. The van der Waals surface area contributed by atoms with Gasteiger partial charge in [0.2, 0.25) is 0 Å². The summed E-state index contributed by atoms with van der Waals surface area (Å²) in [4.78, 5) is 32.2. The van der Waals surface area contributed by atoms with E-state index in [0.29, 0.717) is 6.61 Å². The molecule has 6 nitrogen and oxygen atoms in total. The highest BCUT2D eigenvalue weighted by Gasteiger charge is 2.16. The Bertz CT molecular complexity index is 403. The van der Waals surface area contributed by atoms with Gasteiger partial charge in [-0.2, -0.15) is 0 Å². The number of carbonyl (C=O) groups excluding carboxylic acids is 2. The molecule has 1 aromatic rings. The van der Waals surface area contributed by atoms with Crippen molar-refractivity contribution in [2.24, 2.45) is 0 Å². The van der Waals surface area contributed by atoms with E-state index in [1.54, 1.807) is 13.8 Å². The van der Waals surface area contributed by atoms with Crippen LogP contribution in [0.3, 0.4) is 0 Å². The fourth-order valence-corrected chi connectivity index (χ4v) is 1.17. The minimum absolute atomic E-state index is 0.0950. The molecule has 0 spiro atoms. The summed E-state index contributed by atoms with van der Waals surface area (Å²) in [5.74, 6) is -0.797. The number of rotatable bonds is 4. The van der Waals surface area contributed by atoms with Gasteiger partial charge < -0.3 is 9.64 Å². The number of carbonyl (C=O) groups is 2. The van der Waals surface area contributed by atoms with Crippen LogP contribution in [-0.2, 0) is 9.53 Å². The molecule has 0 atom stereocenters. The maximum absolute atomic E-state index is 11.8. The zero-order valence-corrected chi connectivity index (χ0v) is 10.1. The van der Waals surface area contributed by atoms with Crippen LogP contribution in [0.2, 0.25) is 0 Å². The summed E-state index contributed by atoms with van der Waals surface area (Å²) < 4.78 is 4.75. The summed E-state index contributed by atoms with van der Waals surface area (Å²) >= 11 is 0. The number of hydrogen-bond acceptors (Lipinski definition) is 5. The van der Waals surface area contributed by atoms with E-state index in [2.05, 4.69) is 9.97 Å². The molecule has 0 aliphatic carbocycles. The average Bonchev–Trinajstić information content (AvgIpc) is 2.29. The Labute approximate surface area is 99.6 Å². The number of aromatic nitrogens is 2. The van der Waals surface area contributed by atoms with Crippen molar-refractivity contribution in [2.75, 3.05) is 20.2 Å². The number of esters is 1. The van der Waals surface area contributed by atoms with Crippen molar-refractivity contribution in [3.8, 4) is 0 Å². The van der Waals surface area contributed by atoms with E-state index in [-0.39, 0.29) is 18.1 Å². The zero-order chi connectivity index (χ0) is 12.8. The Morgan fingerprint density at radius 2 is 2.06 bits per heavy atom. The van der Waals surface area contributed by atoms with Crippen LogP contribution in [0, 0.1) is 6.92 Å². The molecule has 0 saturated heterocycles. The van der Waals surface area contributed by atoms with Crippen molar-refractivity contribution < 1.29 is 14.3 Å². The van der Waals surface area contributed by atoms with Gasteiger partial charge in [0.05, 0.1) is 18.5 Å². The quantitative estimate of drug-likeness (QED) is 0.710. The summed E-state index contributed by atoms with van der Waals surface area (Å²) in [6.45, 7) is 3.70. The summed E-state index contributed by atoms with van der Waals surface area (Å²) in [7, 11) is 1.51. The van der Waals surface area contributed by atoms with Gasteiger partial charge in [-0.1, -0.05) is 0 Å².